The summed E-state index contributed by atoms with van der Waals surface area (Å²) in [5.41, 5.74) is 4.19. The van der Waals surface area contributed by atoms with Gasteiger partial charge >= 0.3 is 0 Å². The number of hydrazine groups is 1. The minimum Gasteiger partial charge on any atom is -0.396 e. The summed E-state index contributed by atoms with van der Waals surface area (Å²) >= 11 is 0. The van der Waals surface area contributed by atoms with Crippen molar-refractivity contribution >= 4 is 11.4 Å². The summed E-state index contributed by atoms with van der Waals surface area (Å²) in [6.07, 6.45) is 1.91. The lowest BCUT2D eigenvalue weighted by atomic mass is 9.97. The van der Waals surface area contributed by atoms with E-state index in [0.717, 1.165) is 31.5 Å². The maximum atomic E-state index is 10.8. The molecule has 0 radical (unpaired) electrons. The van der Waals surface area contributed by atoms with Gasteiger partial charge in [0.2, 0.25) is 0 Å². The molecule has 1 aliphatic heterocycles. The van der Waals surface area contributed by atoms with Crippen LogP contribution in [0.2, 0.25) is 0 Å². The van der Waals surface area contributed by atoms with Gasteiger partial charge in [-0.15, -0.1) is 0 Å². The first-order valence-corrected chi connectivity index (χ1v) is 6.71. The van der Waals surface area contributed by atoms with Crippen molar-refractivity contribution in [1.29, 1.82) is 0 Å². The number of piperidine rings is 1. The van der Waals surface area contributed by atoms with Crippen molar-refractivity contribution in [2.45, 2.75) is 19.4 Å². The number of rotatable bonds is 5. The average molecular weight is 280 g/mol. The van der Waals surface area contributed by atoms with Gasteiger partial charge in [-0.2, -0.15) is 0 Å². The van der Waals surface area contributed by atoms with Gasteiger partial charge in [0, 0.05) is 25.3 Å². The number of anilines is 1. The molecule has 7 nitrogen and oxygen atoms in total. The van der Waals surface area contributed by atoms with Gasteiger partial charge < -0.3 is 10.5 Å². The van der Waals surface area contributed by atoms with Crippen LogP contribution in [0.4, 0.5) is 11.4 Å². The number of aliphatic hydroxyl groups is 1. The number of likely N-dealkylation sites (tertiary alicyclic amines) is 1. The first-order chi connectivity index (χ1) is 9.63. The standard InChI is InChI=1S/C13H20N4O3/c14-15-13-2-1-12(17(19)20)7-11(13)8-16-5-3-10(9-18)4-6-16/h1-2,7,10,15,18H,3-6,8-9,14H2. The van der Waals surface area contributed by atoms with E-state index in [9.17, 15) is 10.1 Å². The van der Waals surface area contributed by atoms with E-state index in [1.807, 2.05) is 0 Å². The first-order valence-electron chi connectivity index (χ1n) is 6.71. The summed E-state index contributed by atoms with van der Waals surface area (Å²) in [4.78, 5) is 12.7. The van der Waals surface area contributed by atoms with Crippen molar-refractivity contribution in [2.75, 3.05) is 25.1 Å². The van der Waals surface area contributed by atoms with Crippen molar-refractivity contribution in [3.63, 3.8) is 0 Å². The zero-order valence-corrected chi connectivity index (χ0v) is 11.3. The number of benzene rings is 1. The number of nitrogen functional groups attached to an aromatic ring is 1. The molecule has 0 amide bonds. The molecule has 1 aromatic rings. The lowest BCUT2D eigenvalue weighted by Crippen LogP contribution is -2.34. The van der Waals surface area contributed by atoms with E-state index in [4.69, 9.17) is 10.9 Å². The molecule has 1 aromatic carbocycles. The van der Waals surface area contributed by atoms with E-state index in [2.05, 4.69) is 10.3 Å². The predicted molar refractivity (Wildman–Crippen MR) is 76.0 cm³/mol. The molecule has 1 fully saturated rings. The molecule has 4 N–H and O–H groups in total. The van der Waals surface area contributed by atoms with Crippen molar-refractivity contribution in [1.82, 2.24) is 4.90 Å². The van der Waals surface area contributed by atoms with Gasteiger partial charge in [-0.1, -0.05) is 0 Å². The summed E-state index contributed by atoms with van der Waals surface area (Å²) in [5, 5.41) is 20.0. The van der Waals surface area contributed by atoms with Crippen LogP contribution in [0.15, 0.2) is 18.2 Å². The number of nitrogens with zero attached hydrogens (tertiary/aromatic N) is 2. The Morgan fingerprint density at radius 1 is 1.45 bits per heavy atom. The van der Waals surface area contributed by atoms with Crippen molar-refractivity contribution in [3.8, 4) is 0 Å². The molecular weight excluding hydrogens is 260 g/mol. The molecule has 1 saturated heterocycles. The Balaban J connectivity index is 2.08. The fraction of sp³-hybridized carbons (Fsp3) is 0.538. The second-order valence-corrected chi connectivity index (χ2v) is 5.14. The van der Waals surface area contributed by atoms with Crippen LogP contribution in [0.1, 0.15) is 18.4 Å². The molecule has 2 rings (SSSR count). The average Bonchev–Trinajstić information content (AvgIpc) is 2.48. The van der Waals surface area contributed by atoms with E-state index >= 15 is 0 Å². The molecule has 110 valence electrons. The summed E-state index contributed by atoms with van der Waals surface area (Å²) in [6, 6.07) is 4.64. The molecule has 7 heteroatoms. The van der Waals surface area contributed by atoms with Crippen LogP contribution < -0.4 is 11.3 Å². The third-order valence-electron chi connectivity index (χ3n) is 3.81. The molecule has 0 bridgehead atoms. The van der Waals surface area contributed by atoms with Gasteiger partial charge in [0.05, 0.1) is 10.6 Å². The first kappa shape index (κ1) is 14.7. The van der Waals surface area contributed by atoms with Crippen LogP contribution in [0, 0.1) is 16.0 Å². The van der Waals surface area contributed by atoms with E-state index < -0.39 is 4.92 Å². The summed E-state index contributed by atoms with van der Waals surface area (Å²) in [7, 11) is 0. The van der Waals surface area contributed by atoms with Crippen molar-refractivity contribution in [2.24, 2.45) is 11.8 Å². The number of nitrogens with two attached hydrogens (primary N) is 1. The molecule has 0 spiro atoms. The van der Waals surface area contributed by atoms with E-state index in [-0.39, 0.29) is 12.3 Å². The second-order valence-electron chi connectivity index (χ2n) is 5.14. The highest BCUT2D eigenvalue weighted by molar-refractivity contribution is 5.55. The van der Waals surface area contributed by atoms with E-state index in [1.165, 1.54) is 6.07 Å². The molecular formula is C13H20N4O3. The van der Waals surface area contributed by atoms with Gasteiger partial charge in [-0.05, 0) is 43.5 Å². The summed E-state index contributed by atoms with van der Waals surface area (Å²) in [5.74, 6) is 5.83. The van der Waals surface area contributed by atoms with Crippen LogP contribution in [-0.4, -0.2) is 34.6 Å². The molecule has 0 saturated carbocycles. The molecule has 0 unspecified atom stereocenters. The SMILES string of the molecule is NNc1ccc([N+](=O)[O-])cc1CN1CCC(CO)CC1. The number of hydrogen-bond donors (Lipinski definition) is 3. The third-order valence-corrected chi connectivity index (χ3v) is 3.81. The fourth-order valence-electron chi connectivity index (χ4n) is 2.53. The number of nitro groups is 1. The number of aliphatic hydroxyl groups excluding tert-OH is 1. The van der Waals surface area contributed by atoms with Crippen LogP contribution in [-0.2, 0) is 6.54 Å². The highest BCUT2D eigenvalue weighted by atomic mass is 16.6. The molecule has 0 aliphatic carbocycles. The zero-order valence-electron chi connectivity index (χ0n) is 11.3. The topological polar surface area (TPSA) is 105 Å². The Morgan fingerprint density at radius 3 is 2.70 bits per heavy atom. The van der Waals surface area contributed by atoms with Crippen molar-refractivity contribution in [3.05, 3.63) is 33.9 Å². The predicted octanol–water partition coefficient (Wildman–Crippen LogP) is 1.08. The van der Waals surface area contributed by atoms with E-state index in [0.29, 0.717) is 18.2 Å². The normalized spacial score (nSPS) is 17.1. The minimum absolute atomic E-state index is 0.0734. The van der Waals surface area contributed by atoms with Crippen LogP contribution in [0.25, 0.3) is 0 Å². The number of hydrogen-bond acceptors (Lipinski definition) is 6. The monoisotopic (exact) mass is 280 g/mol. The summed E-state index contributed by atoms with van der Waals surface area (Å²) in [6.45, 7) is 2.63. The Bertz CT molecular complexity index is 473. The van der Waals surface area contributed by atoms with Crippen LogP contribution >= 0.6 is 0 Å². The third kappa shape index (κ3) is 3.44. The minimum atomic E-state index is -0.401. The van der Waals surface area contributed by atoms with Gasteiger partial charge in [0.1, 0.15) is 0 Å². The Labute approximate surface area is 117 Å². The number of non-ortho nitro benzene ring substituents is 1. The Hall–Kier alpha value is -1.70. The van der Waals surface area contributed by atoms with Gasteiger partial charge in [-0.3, -0.25) is 20.9 Å². The number of nitro benzene ring substituents is 1. The molecule has 20 heavy (non-hydrogen) atoms. The molecule has 1 heterocycles. The fourth-order valence-corrected chi connectivity index (χ4v) is 2.53. The van der Waals surface area contributed by atoms with Gasteiger partial charge in [0.15, 0.2) is 0 Å². The Morgan fingerprint density at radius 2 is 2.15 bits per heavy atom. The van der Waals surface area contributed by atoms with E-state index in [1.54, 1.807) is 12.1 Å². The maximum absolute atomic E-state index is 10.8. The quantitative estimate of drug-likeness (QED) is 0.423. The van der Waals surface area contributed by atoms with Gasteiger partial charge in [-0.25, -0.2) is 0 Å². The lowest BCUT2D eigenvalue weighted by molar-refractivity contribution is -0.384. The molecule has 0 aromatic heterocycles. The van der Waals surface area contributed by atoms with Crippen molar-refractivity contribution < 1.29 is 10.0 Å². The zero-order chi connectivity index (χ0) is 14.5. The van der Waals surface area contributed by atoms with Gasteiger partial charge in [0.25, 0.3) is 5.69 Å². The largest absolute Gasteiger partial charge is 0.396 e. The maximum Gasteiger partial charge on any atom is 0.269 e. The molecule has 0 atom stereocenters. The van der Waals surface area contributed by atoms with Crippen LogP contribution in [0.5, 0.6) is 0 Å². The summed E-state index contributed by atoms with van der Waals surface area (Å²) < 4.78 is 0. The highest BCUT2D eigenvalue weighted by Crippen LogP contribution is 2.25. The smallest absolute Gasteiger partial charge is 0.269 e. The highest BCUT2D eigenvalue weighted by Gasteiger charge is 2.20. The number of nitrogens with one attached hydrogen (secondary N) is 1. The Kier molecular flexibility index (Phi) is 4.89. The lowest BCUT2D eigenvalue weighted by Gasteiger charge is -2.31. The second kappa shape index (κ2) is 6.65. The van der Waals surface area contributed by atoms with Crippen LogP contribution in [0.3, 0.4) is 0 Å². The molecule has 1 aliphatic rings.